The van der Waals surface area contributed by atoms with Gasteiger partial charge in [-0.1, -0.05) is 18.2 Å². The van der Waals surface area contributed by atoms with E-state index in [0.29, 0.717) is 18.9 Å². The molecule has 0 aliphatic heterocycles. The average Bonchev–Trinajstić information content (AvgIpc) is 2.24. The Balaban J connectivity index is 2.57. The maximum absolute atomic E-state index is 11.0. The number of alkyl halides is 1. The highest BCUT2D eigenvalue weighted by atomic mass is 35.5. The first-order valence-corrected chi connectivity index (χ1v) is 7.98. The van der Waals surface area contributed by atoms with E-state index < -0.39 is 9.84 Å². The third kappa shape index (κ3) is 4.96. The Kier molecular flexibility index (Phi) is 5.28. The molecule has 0 unspecified atom stereocenters. The van der Waals surface area contributed by atoms with Crippen molar-refractivity contribution in [2.24, 2.45) is 0 Å². The predicted molar refractivity (Wildman–Crippen MR) is 70.6 cm³/mol. The topological polar surface area (TPSA) is 43.4 Å². The molecule has 1 aromatic carbocycles. The van der Waals surface area contributed by atoms with Crippen LogP contribution in [-0.2, 0) is 15.7 Å². The molecule has 96 valence electrons. The van der Waals surface area contributed by atoms with E-state index in [4.69, 9.17) is 16.3 Å². The van der Waals surface area contributed by atoms with Crippen LogP contribution in [0.4, 0.5) is 0 Å². The highest BCUT2D eigenvalue weighted by Crippen LogP contribution is 2.24. The summed E-state index contributed by atoms with van der Waals surface area (Å²) >= 11 is 5.81. The number of hydrogen-bond donors (Lipinski definition) is 0. The minimum atomic E-state index is -2.91. The molecule has 0 heterocycles. The molecule has 0 atom stereocenters. The third-order valence-corrected chi connectivity index (χ3v) is 3.66. The first-order chi connectivity index (χ1) is 7.94. The molecule has 0 spiro atoms. The fourth-order valence-electron chi connectivity index (χ4n) is 1.52. The minimum Gasteiger partial charge on any atom is -0.493 e. The quantitative estimate of drug-likeness (QED) is 0.592. The summed E-state index contributed by atoms with van der Waals surface area (Å²) in [4.78, 5) is 0. The van der Waals surface area contributed by atoms with E-state index >= 15 is 0 Å². The van der Waals surface area contributed by atoms with E-state index in [9.17, 15) is 8.42 Å². The van der Waals surface area contributed by atoms with Gasteiger partial charge in [-0.3, -0.25) is 0 Å². The van der Waals surface area contributed by atoms with Crippen LogP contribution in [0.2, 0.25) is 0 Å². The van der Waals surface area contributed by atoms with E-state index in [1.807, 2.05) is 25.1 Å². The fourth-order valence-corrected chi connectivity index (χ4v) is 2.37. The number of hydrogen-bond acceptors (Lipinski definition) is 3. The van der Waals surface area contributed by atoms with Crippen LogP contribution in [0.1, 0.15) is 17.5 Å². The summed E-state index contributed by atoms with van der Waals surface area (Å²) in [6.07, 6.45) is 1.72. The highest BCUT2D eigenvalue weighted by molar-refractivity contribution is 7.90. The predicted octanol–water partition coefficient (Wildman–Crippen LogP) is 2.55. The van der Waals surface area contributed by atoms with Crippen molar-refractivity contribution < 1.29 is 13.2 Å². The second-order valence-electron chi connectivity index (χ2n) is 4.03. The van der Waals surface area contributed by atoms with Crippen molar-refractivity contribution in [2.45, 2.75) is 19.2 Å². The van der Waals surface area contributed by atoms with Crippen molar-refractivity contribution in [3.8, 4) is 5.75 Å². The zero-order valence-corrected chi connectivity index (χ0v) is 11.6. The molecule has 0 aliphatic rings. The summed E-state index contributed by atoms with van der Waals surface area (Å²) in [7, 11) is -2.91. The lowest BCUT2D eigenvalue weighted by atomic mass is 10.1. The Labute approximate surface area is 108 Å². The van der Waals surface area contributed by atoms with Crippen LogP contribution >= 0.6 is 11.6 Å². The second-order valence-corrected chi connectivity index (χ2v) is 6.56. The maximum atomic E-state index is 11.0. The normalized spacial score (nSPS) is 11.5. The van der Waals surface area contributed by atoms with Gasteiger partial charge in [-0.25, -0.2) is 8.42 Å². The molecular formula is C12H17ClO3S. The van der Waals surface area contributed by atoms with Crippen molar-refractivity contribution in [3.05, 3.63) is 29.3 Å². The van der Waals surface area contributed by atoms with Crippen LogP contribution in [-0.4, -0.2) is 27.0 Å². The van der Waals surface area contributed by atoms with Crippen LogP contribution in [0.5, 0.6) is 5.75 Å². The molecule has 0 aliphatic carbocycles. The van der Waals surface area contributed by atoms with Crippen molar-refractivity contribution in [1.82, 2.24) is 0 Å². The maximum Gasteiger partial charge on any atom is 0.147 e. The Hall–Kier alpha value is -0.740. The lowest BCUT2D eigenvalue weighted by molar-refractivity contribution is 0.313. The van der Waals surface area contributed by atoms with E-state index in [-0.39, 0.29) is 5.75 Å². The number of aryl methyl sites for hydroxylation is 1. The van der Waals surface area contributed by atoms with Crippen LogP contribution < -0.4 is 4.74 Å². The molecule has 0 saturated carbocycles. The molecule has 0 amide bonds. The first kappa shape index (κ1) is 14.3. The van der Waals surface area contributed by atoms with Gasteiger partial charge in [0.1, 0.15) is 15.6 Å². The van der Waals surface area contributed by atoms with Gasteiger partial charge in [-0.15, -0.1) is 11.6 Å². The van der Waals surface area contributed by atoms with Crippen LogP contribution in [0.25, 0.3) is 0 Å². The van der Waals surface area contributed by atoms with Gasteiger partial charge in [-0.05, 0) is 18.9 Å². The van der Waals surface area contributed by atoms with Gasteiger partial charge in [0.25, 0.3) is 0 Å². The van der Waals surface area contributed by atoms with Gasteiger partial charge in [0.2, 0.25) is 0 Å². The summed E-state index contributed by atoms with van der Waals surface area (Å²) in [5, 5.41) is 0. The SMILES string of the molecule is Cc1cccc(CCl)c1OCCCS(C)(=O)=O. The van der Waals surface area contributed by atoms with Crippen molar-refractivity contribution in [2.75, 3.05) is 18.6 Å². The van der Waals surface area contributed by atoms with Gasteiger partial charge in [-0.2, -0.15) is 0 Å². The summed E-state index contributed by atoms with van der Waals surface area (Å²) in [6, 6.07) is 5.78. The summed E-state index contributed by atoms with van der Waals surface area (Å²) in [6.45, 7) is 2.34. The Morgan fingerprint density at radius 1 is 1.35 bits per heavy atom. The van der Waals surface area contributed by atoms with E-state index in [1.54, 1.807) is 0 Å². The number of sulfone groups is 1. The lowest BCUT2D eigenvalue weighted by Gasteiger charge is -2.12. The second kappa shape index (κ2) is 6.26. The molecule has 1 aromatic rings. The molecule has 1 rings (SSSR count). The molecule has 17 heavy (non-hydrogen) atoms. The van der Waals surface area contributed by atoms with Crippen molar-refractivity contribution in [1.29, 1.82) is 0 Å². The monoisotopic (exact) mass is 276 g/mol. The summed E-state index contributed by atoms with van der Waals surface area (Å²) in [5.74, 6) is 1.31. The molecule has 3 nitrogen and oxygen atoms in total. The fraction of sp³-hybridized carbons (Fsp3) is 0.500. The smallest absolute Gasteiger partial charge is 0.147 e. The number of rotatable bonds is 6. The number of benzene rings is 1. The van der Waals surface area contributed by atoms with Gasteiger partial charge in [0.15, 0.2) is 0 Å². The Bertz CT molecular complexity index is 469. The third-order valence-electron chi connectivity index (χ3n) is 2.34. The van der Waals surface area contributed by atoms with Gasteiger partial charge >= 0.3 is 0 Å². The van der Waals surface area contributed by atoms with Crippen LogP contribution in [0.3, 0.4) is 0 Å². The molecule has 0 radical (unpaired) electrons. The van der Waals surface area contributed by atoms with Crippen LogP contribution in [0, 0.1) is 6.92 Å². The van der Waals surface area contributed by atoms with Gasteiger partial charge < -0.3 is 4.74 Å². The van der Waals surface area contributed by atoms with Gasteiger partial charge in [0.05, 0.1) is 18.2 Å². The number of para-hydroxylation sites is 1. The number of ether oxygens (including phenoxy) is 1. The molecule has 5 heteroatoms. The standard InChI is InChI=1S/C12H17ClO3S/c1-10-5-3-6-11(9-13)12(10)16-7-4-8-17(2,14)15/h3,5-6H,4,7-9H2,1-2H3. The number of halogens is 1. The lowest BCUT2D eigenvalue weighted by Crippen LogP contribution is -2.09. The average molecular weight is 277 g/mol. The first-order valence-electron chi connectivity index (χ1n) is 5.39. The summed E-state index contributed by atoms with van der Waals surface area (Å²) < 4.78 is 27.5. The van der Waals surface area contributed by atoms with E-state index in [0.717, 1.165) is 16.9 Å². The van der Waals surface area contributed by atoms with Crippen molar-refractivity contribution in [3.63, 3.8) is 0 Å². The molecule has 0 N–H and O–H groups in total. The minimum absolute atomic E-state index is 0.148. The Morgan fingerprint density at radius 3 is 2.65 bits per heavy atom. The van der Waals surface area contributed by atoms with E-state index in [1.165, 1.54) is 6.26 Å². The van der Waals surface area contributed by atoms with Crippen molar-refractivity contribution >= 4 is 21.4 Å². The zero-order valence-electron chi connectivity index (χ0n) is 10.1. The van der Waals surface area contributed by atoms with Crippen LogP contribution in [0.15, 0.2) is 18.2 Å². The molecule has 0 aromatic heterocycles. The highest BCUT2D eigenvalue weighted by Gasteiger charge is 2.07. The molecular weight excluding hydrogens is 260 g/mol. The molecule has 0 saturated heterocycles. The largest absolute Gasteiger partial charge is 0.493 e. The molecule has 0 fully saturated rings. The molecule has 0 bridgehead atoms. The summed E-state index contributed by atoms with van der Waals surface area (Å²) in [5.41, 5.74) is 1.95. The van der Waals surface area contributed by atoms with E-state index in [2.05, 4.69) is 0 Å². The van der Waals surface area contributed by atoms with Gasteiger partial charge in [0, 0.05) is 11.8 Å². The zero-order chi connectivity index (χ0) is 12.9. The Morgan fingerprint density at radius 2 is 2.06 bits per heavy atom.